The Bertz CT molecular complexity index is 391. The zero-order valence-electron chi connectivity index (χ0n) is 11.6. The number of ether oxygens (including phenoxy) is 1. The molecule has 6 heteroatoms. The molecule has 106 valence electrons. The molecule has 0 atom stereocenters. The maximum atomic E-state index is 12.5. The number of nitrogens with zero attached hydrogens (tertiary/aromatic N) is 1. The summed E-state index contributed by atoms with van der Waals surface area (Å²) in [7, 11) is -2.22. The first kappa shape index (κ1) is 15.4. The van der Waals surface area contributed by atoms with E-state index in [1.807, 2.05) is 0 Å². The molecule has 5 nitrogen and oxygen atoms in total. The third kappa shape index (κ3) is 3.23. The molecule has 0 N–H and O–H groups in total. The van der Waals surface area contributed by atoms with Gasteiger partial charge < -0.3 is 4.74 Å². The number of hydrogen-bond acceptors (Lipinski definition) is 4. The minimum atomic E-state index is -3.49. The first-order chi connectivity index (χ1) is 8.20. The van der Waals surface area contributed by atoms with Crippen molar-refractivity contribution in [3.05, 3.63) is 0 Å². The van der Waals surface area contributed by atoms with Crippen LogP contribution >= 0.6 is 0 Å². The molecule has 0 bridgehead atoms. The fraction of sp³-hybridized carbons (Fsp3) is 0.917. The van der Waals surface area contributed by atoms with E-state index >= 15 is 0 Å². The Balaban J connectivity index is 3.00. The van der Waals surface area contributed by atoms with Gasteiger partial charge in [-0.05, 0) is 33.6 Å². The quantitative estimate of drug-likeness (QED) is 0.731. The topological polar surface area (TPSA) is 63.7 Å². The smallest absolute Gasteiger partial charge is 0.321 e. The molecular formula is C12H23NO4S. The van der Waals surface area contributed by atoms with Crippen LogP contribution in [0.4, 0.5) is 0 Å². The second kappa shape index (κ2) is 5.57. The van der Waals surface area contributed by atoms with E-state index in [-0.39, 0.29) is 12.6 Å². The summed E-state index contributed by atoms with van der Waals surface area (Å²) in [6.45, 7) is 4.78. The Morgan fingerprint density at radius 3 is 2.17 bits per heavy atom. The van der Waals surface area contributed by atoms with Crippen LogP contribution in [0.3, 0.4) is 0 Å². The lowest BCUT2D eigenvalue weighted by molar-refractivity contribution is -0.141. The van der Waals surface area contributed by atoms with Gasteiger partial charge in [-0.15, -0.1) is 0 Å². The third-order valence-corrected chi connectivity index (χ3v) is 5.92. The number of carbonyl (C=O) groups excluding carboxylic acids is 1. The number of esters is 1. The highest BCUT2D eigenvalue weighted by Crippen LogP contribution is 2.30. The van der Waals surface area contributed by atoms with Crippen LogP contribution in [0.5, 0.6) is 0 Å². The molecule has 0 heterocycles. The molecule has 1 aliphatic carbocycles. The molecule has 0 amide bonds. The van der Waals surface area contributed by atoms with Crippen molar-refractivity contribution in [3.8, 4) is 0 Å². The van der Waals surface area contributed by atoms with Crippen LogP contribution in [0.15, 0.2) is 0 Å². The molecule has 0 radical (unpaired) electrons. The maximum Gasteiger partial charge on any atom is 0.321 e. The van der Waals surface area contributed by atoms with Gasteiger partial charge in [-0.2, -0.15) is 4.31 Å². The predicted octanol–water partition coefficient (Wildman–Crippen LogP) is 1.53. The average molecular weight is 277 g/mol. The summed E-state index contributed by atoms with van der Waals surface area (Å²) < 4.78 is 30.1. The molecule has 1 saturated carbocycles. The minimum Gasteiger partial charge on any atom is -0.468 e. The van der Waals surface area contributed by atoms with E-state index in [1.165, 1.54) is 11.4 Å². The number of carbonyl (C=O) groups is 1. The number of rotatable bonds is 4. The molecular weight excluding hydrogens is 254 g/mol. The van der Waals surface area contributed by atoms with E-state index in [9.17, 15) is 13.2 Å². The van der Waals surface area contributed by atoms with E-state index in [0.717, 1.165) is 25.7 Å². The van der Waals surface area contributed by atoms with Crippen molar-refractivity contribution in [2.45, 2.75) is 57.2 Å². The highest BCUT2D eigenvalue weighted by molar-refractivity contribution is 7.90. The monoisotopic (exact) mass is 277 g/mol. The fourth-order valence-corrected chi connectivity index (χ4v) is 3.73. The second-order valence-corrected chi connectivity index (χ2v) is 8.32. The Morgan fingerprint density at radius 1 is 1.28 bits per heavy atom. The maximum absolute atomic E-state index is 12.5. The summed E-state index contributed by atoms with van der Waals surface area (Å²) in [5.74, 6) is -0.505. The van der Waals surface area contributed by atoms with Crippen LogP contribution in [0.2, 0.25) is 0 Å². The summed E-state index contributed by atoms with van der Waals surface area (Å²) in [5, 5.41) is 0. The van der Waals surface area contributed by atoms with Crippen LogP contribution < -0.4 is 0 Å². The SMILES string of the molecule is COC(=O)CN(C1CCCC1)S(=O)(=O)C(C)(C)C. The fourth-order valence-electron chi connectivity index (χ4n) is 2.15. The van der Waals surface area contributed by atoms with Crippen molar-refractivity contribution in [3.63, 3.8) is 0 Å². The molecule has 1 rings (SSSR count). The molecule has 0 aromatic rings. The number of methoxy groups -OCH3 is 1. The van der Waals surface area contributed by atoms with Crippen molar-refractivity contribution < 1.29 is 17.9 Å². The minimum absolute atomic E-state index is 0.0617. The third-order valence-electron chi connectivity index (χ3n) is 3.33. The predicted molar refractivity (Wildman–Crippen MR) is 69.7 cm³/mol. The lowest BCUT2D eigenvalue weighted by Crippen LogP contribution is -2.49. The van der Waals surface area contributed by atoms with Gasteiger partial charge in [0.25, 0.3) is 0 Å². The van der Waals surface area contributed by atoms with Gasteiger partial charge >= 0.3 is 5.97 Å². The summed E-state index contributed by atoms with van der Waals surface area (Å²) in [6, 6.07) is -0.0617. The zero-order valence-corrected chi connectivity index (χ0v) is 12.4. The molecule has 1 aliphatic rings. The first-order valence-electron chi connectivity index (χ1n) is 6.28. The Kier molecular flexibility index (Phi) is 4.78. The van der Waals surface area contributed by atoms with E-state index in [2.05, 4.69) is 4.74 Å². The van der Waals surface area contributed by atoms with Gasteiger partial charge in [0.1, 0.15) is 6.54 Å². The molecule has 0 aromatic carbocycles. The molecule has 1 fully saturated rings. The van der Waals surface area contributed by atoms with Crippen molar-refractivity contribution >= 4 is 16.0 Å². The number of sulfonamides is 1. The average Bonchev–Trinajstić information content (AvgIpc) is 2.76. The summed E-state index contributed by atoms with van der Waals surface area (Å²) in [6.07, 6.45) is 3.68. The second-order valence-electron chi connectivity index (χ2n) is 5.68. The Labute approximate surface area is 110 Å². The van der Waals surface area contributed by atoms with Gasteiger partial charge in [-0.3, -0.25) is 4.79 Å². The van der Waals surface area contributed by atoms with E-state index in [4.69, 9.17) is 0 Å². The summed E-state index contributed by atoms with van der Waals surface area (Å²) >= 11 is 0. The molecule has 0 saturated heterocycles. The van der Waals surface area contributed by atoms with Gasteiger partial charge in [0, 0.05) is 6.04 Å². The first-order valence-corrected chi connectivity index (χ1v) is 7.72. The van der Waals surface area contributed by atoms with Crippen LogP contribution in [0.25, 0.3) is 0 Å². The van der Waals surface area contributed by atoms with Crippen LogP contribution in [0, 0.1) is 0 Å². The van der Waals surface area contributed by atoms with Crippen LogP contribution in [0.1, 0.15) is 46.5 Å². The standard InChI is InChI=1S/C12H23NO4S/c1-12(2,3)18(15,16)13(9-11(14)17-4)10-7-5-6-8-10/h10H,5-9H2,1-4H3. The summed E-state index contributed by atoms with van der Waals surface area (Å²) in [4.78, 5) is 11.4. The van der Waals surface area contributed by atoms with Gasteiger partial charge in [-0.25, -0.2) is 8.42 Å². The summed E-state index contributed by atoms with van der Waals surface area (Å²) in [5.41, 5.74) is 0. The van der Waals surface area contributed by atoms with Crippen LogP contribution in [-0.4, -0.2) is 43.1 Å². The largest absolute Gasteiger partial charge is 0.468 e. The highest BCUT2D eigenvalue weighted by Gasteiger charge is 2.41. The molecule has 0 spiro atoms. The Hall–Kier alpha value is -0.620. The van der Waals surface area contributed by atoms with Crippen molar-refractivity contribution in [2.75, 3.05) is 13.7 Å². The van der Waals surface area contributed by atoms with Gasteiger partial charge in [0.15, 0.2) is 0 Å². The number of hydrogen-bond donors (Lipinski definition) is 0. The van der Waals surface area contributed by atoms with Gasteiger partial charge in [-0.1, -0.05) is 12.8 Å². The Morgan fingerprint density at radius 2 is 1.78 bits per heavy atom. The molecule has 18 heavy (non-hydrogen) atoms. The highest BCUT2D eigenvalue weighted by atomic mass is 32.2. The lowest BCUT2D eigenvalue weighted by atomic mass is 10.2. The molecule has 0 aliphatic heterocycles. The van der Waals surface area contributed by atoms with Crippen molar-refractivity contribution in [1.29, 1.82) is 0 Å². The van der Waals surface area contributed by atoms with E-state index < -0.39 is 20.7 Å². The lowest BCUT2D eigenvalue weighted by Gasteiger charge is -2.33. The normalized spacial score (nSPS) is 18.3. The van der Waals surface area contributed by atoms with Crippen molar-refractivity contribution in [1.82, 2.24) is 4.31 Å². The van der Waals surface area contributed by atoms with Gasteiger partial charge in [0.2, 0.25) is 10.0 Å². The molecule has 0 unspecified atom stereocenters. The van der Waals surface area contributed by atoms with E-state index in [0.29, 0.717) is 0 Å². The van der Waals surface area contributed by atoms with Crippen LogP contribution in [-0.2, 0) is 19.6 Å². The molecule has 0 aromatic heterocycles. The zero-order chi connectivity index (χ0) is 14.0. The van der Waals surface area contributed by atoms with E-state index in [1.54, 1.807) is 20.8 Å². The van der Waals surface area contributed by atoms with Crippen molar-refractivity contribution in [2.24, 2.45) is 0 Å². The van der Waals surface area contributed by atoms with Gasteiger partial charge in [0.05, 0.1) is 11.9 Å².